The second-order valence-electron chi connectivity index (χ2n) is 7.09. The Kier molecular flexibility index (Phi) is 2.87. The molecule has 0 aliphatic heterocycles. The molecule has 114 valence electrons. The molecule has 3 aliphatic carbocycles. The van der Waals surface area contributed by atoms with Gasteiger partial charge in [-0.3, -0.25) is 4.79 Å². The molecule has 0 N–H and O–H groups in total. The zero-order valence-electron chi connectivity index (χ0n) is 13.5. The number of carbonyl (C=O) groups is 1. The maximum atomic E-state index is 12.3. The third-order valence-corrected chi connectivity index (χ3v) is 5.89. The lowest BCUT2D eigenvalue weighted by molar-refractivity contribution is -0.124. The van der Waals surface area contributed by atoms with Crippen LogP contribution in [0.5, 0.6) is 5.75 Å². The number of hydrogen-bond donors (Lipinski definition) is 0. The van der Waals surface area contributed by atoms with Crippen LogP contribution in [0.25, 0.3) is 5.57 Å². The molecule has 0 bridgehead atoms. The number of allylic oxidation sites excluding steroid dienone is 4. The molecule has 0 radical (unpaired) electrons. The minimum Gasteiger partial charge on any atom is -0.497 e. The van der Waals surface area contributed by atoms with Gasteiger partial charge in [0, 0.05) is 6.42 Å². The summed E-state index contributed by atoms with van der Waals surface area (Å²) in [5, 5.41) is 0. The molecule has 2 heteroatoms. The van der Waals surface area contributed by atoms with E-state index in [9.17, 15) is 4.79 Å². The fraction of sp³-hybridized carbons (Fsp3) is 0.450. The average molecular weight is 294 g/mol. The van der Waals surface area contributed by atoms with Gasteiger partial charge in [0.2, 0.25) is 0 Å². The second-order valence-corrected chi connectivity index (χ2v) is 7.09. The van der Waals surface area contributed by atoms with Gasteiger partial charge in [0.25, 0.3) is 0 Å². The van der Waals surface area contributed by atoms with Gasteiger partial charge in [-0.15, -0.1) is 0 Å². The van der Waals surface area contributed by atoms with Gasteiger partial charge in [0.05, 0.1) is 12.5 Å². The summed E-state index contributed by atoms with van der Waals surface area (Å²) < 4.78 is 5.39. The van der Waals surface area contributed by atoms with Gasteiger partial charge in [-0.05, 0) is 72.1 Å². The maximum absolute atomic E-state index is 12.3. The number of hydrogen-bond acceptors (Lipinski definition) is 2. The zero-order valence-corrected chi connectivity index (χ0v) is 13.5. The molecule has 1 unspecified atom stereocenters. The molecule has 0 saturated heterocycles. The van der Waals surface area contributed by atoms with Gasteiger partial charge in [-0.2, -0.15) is 0 Å². The number of ether oxygens (including phenoxy) is 1. The van der Waals surface area contributed by atoms with E-state index in [1.54, 1.807) is 7.11 Å². The van der Waals surface area contributed by atoms with E-state index < -0.39 is 0 Å². The Morgan fingerprint density at radius 2 is 2.09 bits per heavy atom. The van der Waals surface area contributed by atoms with E-state index in [0.29, 0.717) is 18.1 Å². The molecular formula is C20H22O2. The first-order valence-corrected chi connectivity index (χ1v) is 8.19. The molecule has 0 spiro atoms. The van der Waals surface area contributed by atoms with E-state index in [2.05, 4.69) is 38.1 Å². The van der Waals surface area contributed by atoms with Crippen LogP contribution < -0.4 is 4.74 Å². The highest BCUT2D eigenvalue weighted by molar-refractivity contribution is 5.96. The summed E-state index contributed by atoms with van der Waals surface area (Å²) >= 11 is 0. The molecule has 4 rings (SSSR count). The van der Waals surface area contributed by atoms with Crippen molar-refractivity contribution in [1.29, 1.82) is 0 Å². The first-order valence-electron chi connectivity index (χ1n) is 8.19. The third kappa shape index (κ3) is 1.70. The molecule has 3 aliphatic rings. The van der Waals surface area contributed by atoms with E-state index in [1.807, 2.05) is 0 Å². The van der Waals surface area contributed by atoms with Crippen molar-refractivity contribution in [2.75, 3.05) is 7.11 Å². The van der Waals surface area contributed by atoms with E-state index in [4.69, 9.17) is 4.74 Å². The summed E-state index contributed by atoms with van der Waals surface area (Å²) in [6.07, 6.45) is 5.83. The van der Waals surface area contributed by atoms with E-state index in [1.165, 1.54) is 27.8 Å². The van der Waals surface area contributed by atoms with E-state index in [-0.39, 0.29) is 5.41 Å². The summed E-state index contributed by atoms with van der Waals surface area (Å²) in [7, 11) is 1.72. The van der Waals surface area contributed by atoms with Crippen LogP contribution >= 0.6 is 0 Å². The van der Waals surface area contributed by atoms with Crippen molar-refractivity contribution in [1.82, 2.24) is 0 Å². The highest BCUT2D eigenvalue weighted by Crippen LogP contribution is 2.55. The second kappa shape index (κ2) is 4.58. The fourth-order valence-corrected chi connectivity index (χ4v) is 4.51. The number of methoxy groups -OCH3 is 1. The highest BCUT2D eigenvalue weighted by atomic mass is 16.5. The number of ketones is 1. The SMILES string of the molecule is COc1ccc2c(c1)C(C)CC1=C2CC[C@]2(C)C(=O)CC=C12. The van der Waals surface area contributed by atoms with Crippen molar-refractivity contribution >= 4 is 11.4 Å². The Hall–Kier alpha value is -1.83. The van der Waals surface area contributed by atoms with Gasteiger partial charge >= 0.3 is 0 Å². The van der Waals surface area contributed by atoms with Gasteiger partial charge in [-0.1, -0.05) is 19.1 Å². The Balaban J connectivity index is 1.88. The lowest BCUT2D eigenvalue weighted by Crippen LogP contribution is -2.31. The summed E-state index contributed by atoms with van der Waals surface area (Å²) in [5.41, 5.74) is 6.79. The molecule has 0 amide bonds. The molecule has 2 atom stereocenters. The Bertz CT molecular complexity index is 738. The third-order valence-electron chi connectivity index (χ3n) is 5.89. The van der Waals surface area contributed by atoms with Crippen LogP contribution in [0.1, 0.15) is 56.6 Å². The van der Waals surface area contributed by atoms with Gasteiger partial charge in [-0.25, -0.2) is 0 Å². The van der Waals surface area contributed by atoms with Gasteiger partial charge in [0.15, 0.2) is 0 Å². The average Bonchev–Trinajstić information content (AvgIpc) is 2.83. The summed E-state index contributed by atoms with van der Waals surface area (Å²) in [6, 6.07) is 6.45. The Labute approximate surface area is 131 Å². The van der Waals surface area contributed by atoms with E-state index >= 15 is 0 Å². The van der Waals surface area contributed by atoms with Crippen molar-refractivity contribution in [3.05, 3.63) is 46.5 Å². The van der Waals surface area contributed by atoms with Crippen molar-refractivity contribution < 1.29 is 9.53 Å². The first kappa shape index (κ1) is 13.8. The summed E-state index contributed by atoms with van der Waals surface area (Å²) in [6.45, 7) is 4.43. The number of Topliss-reactive ketones (excluding diaryl/α,β-unsaturated/α-hetero) is 1. The van der Waals surface area contributed by atoms with E-state index in [0.717, 1.165) is 25.0 Å². The number of carbonyl (C=O) groups excluding carboxylic acids is 1. The largest absolute Gasteiger partial charge is 0.497 e. The smallest absolute Gasteiger partial charge is 0.146 e. The number of fused-ring (bicyclic) bond motifs is 4. The quantitative estimate of drug-likeness (QED) is 0.753. The monoisotopic (exact) mass is 294 g/mol. The maximum Gasteiger partial charge on any atom is 0.146 e. The molecule has 0 aromatic heterocycles. The molecule has 0 fully saturated rings. The molecule has 2 nitrogen and oxygen atoms in total. The van der Waals surface area contributed by atoms with Crippen LogP contribution in [0.15, 0.2) is 35.4 Å². The van der Waals surface area contributed by atoms with Crippen LogP contribution in [0.4, 0.5) is 0 Å². The molecule has 0 saturated carbocycles. The number of rotatable bonds is 1. The standard InChI is InChI=1S/C20H22O2/c1-12-10-17-15(14-5-4-13(22-3)11-16(12)14)8-9-20(2)18(17)6-7-19(20)21/h4-6,11-12H,7-10H2,1-3H3/t12?,20-/m0/s1. The topological polar surface area (TPSA) is 26.3 Å². The van der Waals surface area contributed by atoms with Crippen LogP contribution in [0.2, 0.25) is 0 Å². The van der Waals surface area contributed by atoms with Crippen molar-refractivity contribution in [3.8, 4) is 5.75 Å². The minimum absolute atomic E-state index is 0.220. The van der Waals surface area contributed by atoms with Crippen molar-refractivity contribution in [2.45, 2.75) is 45.4 Å². The summed E-state index contributed by atoms with van der Waals surface area (Å²) in [5.74, 6) is 1.82. The Morgan fingerprint density at radius 3 is 2.86 bits per heavy atom. The first-order chi connectivity index (χ1) is 10.5. The lowest BCUT2D eigenvalue weighted by Gasteiger charge is -2.39. The molecule has 1 aromatic rings. The van der Waals surface area contributed by atoms with Crippen LogP contribution in [-0.4, -0.2) is 12.9 Å². The van der Waals surface area contributed by atoms with Crippen LogP contribution in [0, 0.1) is 5.41 Å². The number of benzene rings is 1. The molecule has 0 heterocycles. The minimum atomic E-state index is -0.220. The summed E-state index contributed by atoms with van der Waals surface area (Å²) in [4.78, 5) is 12.3. The van der Waals surface area contributed by atoms with Crippen LogP contribution in [-0.2, 0) is 4.79 Å². The van der Waals surface area contributed by atoms with Crippen LogP contribution in [0.3, 0.4) is 0 Å². The molecule has 1 aromatic carbocycles. The van der Waals surface area contributed by atoms with Crippen molar-refractivity contribution in [2.24, 2.45) is 5.41 Å². The molecular weight excluding hydrogens is 272 g/mol. The fourth-order valence-electron chi connectivity index (χ4n) is 4.51. The normalized spacial score (nSPS) is 29.7. The van der Waals surface area contributed by atoms with Gasteiger partial charge in [0.1, 0.15) is 11.5 Å². The highest BCUT2D eigenvalue weighted by Gasteiger charge is 2.46. The van der Waals surface area contributed by atoms with Crippen molar-refractivity contribution in [3.63, 3.8) is 0 Å². The predicted molar refractivity (Wildman–Crippen MR) is 88.0 cm³/mol. The predicted octanol–water partition coefficient (Wildman–Crippen LogP) is 4.66. The lowest BCUT2D eigenvalue weighted by atomic mass is 9.64. The Morgan fingerprint density at radius 1 is 1.27 bits per heavy atom. The molecule has 22 heavy (non-hydrogen) atoms. The van der Waals surface area contributed by atoms with Gasteiger partial charge < -0.3 is 4.74 Å². The zero-order chi connectivity index (χ0) is 15.5.